The second-order valence-corrected chi connectivity index (χ2v) is 7.75. The second-order valence-electron chi connectivity index (χ2n) is 6.44. The minimum absolute atomic E-state index is 0.120. The summed E-state index contributed by atoms with van der Waals surface area (Å²) >= 11 is 1.18. The van der Waals surface area contributed by atoms with Crippen LogP contribution in [0.25, 0.3) is 10.9 Å². The number of rotatable bonds is 6. The van der Waals surface area contributed by atoms with Gasteiger partial charge in [0.1, 0.15) is 0 Å². The molecule has 2 N–H and O–H groups in total. The van der Waals surface area contributed by atoms with Crippen LogP contribution in [-0.2, 0) is 11.3 Å². The summed E-state index contributed by atoms with van der Waals surface area (Å²) in [6.07, 6.45) is 0.765. The summed E-state index contributed by atoms with van der Waals surface area (Å²) in [6.45, 7) is 4.19. The highest BCUT2D eigenvalue weighted by Gasteiger charge is 2.20. The Morgan fingerprint density at radius 3 is 2.48 bits per heavy atom. The zero-order chi connectivity index (χ0) is 20.8. The van der Waals surface area contributed by atoms with Crippen molar-refractivity contribution in [3.05, 3.63) is 70.5 Å². The number of fused-ring (bicyclic) bond motifs is 1. The van der Waals surface area contributed by atoms with Crippen molar-refractivity contribution in [3.63, 3.8) is 0 Å². The number of para-hydroxylation sites is 1. The molecule has 0 bridgehead atoms. The number of aromatic nitrogens is 2. The smallest absolute Gasteiger partial charge is 0.269 e. The van der Waals surface area contributed by atoms with Crippen molar-refractivity contribution in [2.45, 2.75) is 37.2 Å². The van der Waals surface area contributed by atoms with Crippen molar-refractivity contribution >= 4 is 34.5 Å². The highest BCUT2D eigenvalue weighted by Crippen LogP contribution is 2.22. The summed E-state index contributed by atoms with van der Waals surface area (Å²) in [5.41, 5.74) is 5.75. The van der Waals surface area contributed by atoms with Gasteiger partial charge in [0.15, 0.2) is 5.16 Å². The van der Waals surface area contributed by atoms with Gasteiger partial charge in [-0.3, -0.25) is 29.8 Å². The lowest BCUT2D eigenvalue weighted by Crippen LogP contribution is -2.45. The molecule has 1 aromatic heterocycles. The Morgan fingerprint density at radius 2 is 1.76 bits per heavy atom. The first-order chi connectivity index (χ1) is 14.0. The molecule has 3 aromatic rings. The number of hydrazine groups is 1. The Hall–Kier alpha value is -3.13. The molecule has 0 unspecified atom stereocenters. The van der Waals surface area contributed by atoms with E-state index < -0.39 is 11.2 Å². The van der Waals surface area contributed by atoms with Gasteiger partial charge in [-0.05, 0) is 37.6 Å². The average molecular weight is 410 g/mol. The summed E-state index contributed by atoms with van der Waals surface area (Å²) in [4.78, 5) is 41.9. The molecular weight excluding hydrogens is 388 g/mol. The van der Waals surface area contributed by atoms with Crippen LogP contribution in [0, 0.1) is 0 Å². The molecule has 2 aromatic carbocycles. The highest BCUT2D eigenvalue weighted by atomic mass is 32.2. The van der Waals surface area contributed by atoms with Crippen LogP contribution in [-0.4, -0.2) is 26.6 Å². The molecule has 150 valence electrons. The van der Waals surface area contributed by atoms with Gasteiger partial charge < -0.3 is 0 Å². The molecule has 1 heterocycles. The number of hydrogen-bond acceptors (Lipinski definition) is 5. The maximum Gasteiger partial charge on any atom is 0.269 e. The maximum absolute atomic E-state index is 12.8. The van der Waals surface area contributed by atoms with Gasteiger partial charge in [0.05, 0.1) is 16.2 Å². The van der Waals surface area contributed by atoms with Crippen molar-refractivity contribution in [2.75, 3.05) is 0 Å². The second kappa shape index (κ2) is 9.38. The lowest BCUT2D eigenvalue weighted by Gasteiger charge is -2.16. The van der Waals surface area contributed by atoms with E-state index >= 15 is 0 Å². The van der Waals surface area contributed by atoms with Gasteiger partial charge in [-0.25, -0.2) is 4.98 Å². The van der Waals surface area contributed by atoms with E-state index in [4.69, 9.17) is 0 Å². The SMILES string of the molecule is CCCn1c(S[C@H](C)C(=O)NNC(=O)c2ccccc2)nc2ccccc2c1=O. The third-order valence-electron chi connectivity index (χ3n) is 4.26. The largest absolute Gasteiger partial charge is 0.287 e. The van der Waals surface area contributed by atoms with Crippen LogP contribution >= 0.6 is 11.8 Å². The number of thioether (sulfide) groups is 1. The lowest BCUT2D eigenvalue weighted by atomic mass is 10.2. The van der Waals surface area contributed by atoms with Gasteiger partial charge >= 0.3 is 0 Å². The molecule has 0 fully saturated rings. The third kappa shape index (κ3) is 4.83. The standard InChI is InChI=1S/C21H22N4O3S/c1-3-13-25-20(28)16-11-7-8-12-17(16)22-21(25)29-14(2)18(26)23-24-19(27)15-9-5-4-6-10-15/h4-12,14H,3,13H2,1-2H3,(H,23,26)(H,24,27)/t14-/m1/s1. The highest BCUT2D eigenvalue weighted by molar-refractivity contribution is 8.00. The van der Waals surface area contributed by atoms with Gasteiger partial charge in [0.25, 0.3) is 17.4 Å². The molecule has 2 amide bonds. The number of benzene rings is 2. The van der Waals surface area contributed by atoms with E-state index in [9.17, 15) is 14.4 Å². The van der Waals surface area contributed by atoms with Gasteiger partial charge in [0, 0.05) is 12.1 Å². The molecule has 29 heavy (non-hydrogen) atoms. The number of nitrogens with zero attached hydrogens (tertiary/aromatic N) is 2. The van der Waals surface area contributed by atoms with E-state index in [0.29, 0.717) is 28.2 Å². The van der Waals surface area contributed by atoms with Gasteiger partial charge in [-0.2, -0.15) is 0 Å². The zero-order valence-electron chi connectivity index (χ0n) is 16.2. The maximum atomic E-state index is 12.8. The molecule has 0 saturated carbocycles. The van der Waals surface area contributed by atoms with Crippen LogP contribution in [0.15, 0.2) is 64.5 Å². The van der Waals surface area contributed by atoms with E-state index in [-0.39, 0.29) is 11.5 Å². The van der Waals surface area contributed by atoms with Crippen LogP contribution in [0.4, 0.5) is 0 Å². The molecule has 3 rings (SSSR count). The molecule has 8 heteroatoms. The summed E-state index contributed by atoms with van der Waals surface area (Å²) in [6, 6.07) is 15.8. The number of carbonyl (C=O) groups is 2. The van der Waals surface area contributed by atoms with Crippen molar-refractivity contribution in [3.8, 4) is 0 Å². The molecule has 0 spiro atoms. The Balaban J connectivity index is 1.74. The summed E-state index contributed by atoms with van der Waals surface area (Å²) < 4.78 is 1.60. The van der Waals surface area contributed by atoms with Gasteiger partial charge in [0.2, 0.25) is 0 Å². The van der Waals surface area contributed by atoms with Crippen molar-refractivity contribution in [1.82, 2.24) is 20.4 Å². The molecule has 7 nitrogen and oxygen atoms in total. The molecular formula is C21H22N4O3S. The summed E-state index contributed by atoms with van der Waals surface area (Å²) in [5, 5.41) is 0.465. The fourth-order valence-corrected chi connectivity index (χ4v) is 3.69. The third-order valence-corrected chi connectivity index (χ3v) is 5.35. The van der Waals surface area contributed by atoms with E-state index in [1.165, 1.54) is 11.8 Å². The van der Waals surface area contributed by atoms with E-state index in [0.717, 1.165) is 6.42 Å². The number of amides is 2. The Kier molecular flexibility index (Phi) is 6.66. The van der Waals surface area contributed by atoms with E-state index in [1.807, 2.05) is 13.0 Å². The van der Waals surface area contributed by atoms with Crippen molar-refractivity contribution < 1.29 is 9.59 Å². The normalized spacial score (nSPS) is 11.8. The van der Waals surface area contributed by atoms with Crippen LogP contribution in [0.1, 0.15) is 30.6 Å². The number of nitrogens with one attached hydrogen (secondary N) is 2. The number of carbonyl (C=O) groups excluding carboxylic acids is 2. The first-order valence-electron chi connectivity index (χ1n) is 9.32. The quantitative estimate of drug-likeness (QED) is 0.370. The van der Waals surface area contributed by atoms with E-state index in [1.54, 1.807) is 60.0 Å². The molecule has 0 aliphatic carbocycles. The Bertz CT molecular complexity index is 1080. The fourth-order valence-electron chi connectivity index (χ4n) is 2.75. The minimum Gasteiger partial charge on any atom is -0.287 e. The Morgan fingerprint density at radius 1 is 1.07 bits per heavy atom. The number of hydrogen-bond donors (Lipinski definition) is 2. The molecule has 0 aliphatic rings. The lowest BCUT2D eigenvalue weighted by molar-refractivity contribution is -0.121. The van der Waals surface area contributed by atoms with Crippen LogP contribution < -0.4 is 16.4 Å². The summed E-state index contributed by atoms with van der Waals surface area (Å²) in [5.74, 6) is -0.785. The van der Waals surface area contributed by atoms with Crippen molar-refractivity contribution in [2.24, 2.45) is 0 Å². The minimum atomic E-state index is -0.567. The van der Waals surface area contributed by atoms with Crippen molar-refractivity contribution in [1.29, 1.82) is 0 Å². The van der Waals surface area contributed by atoms with Gasteiger partial charge in [-0.15, -0.1) is 0 Å². The Labute approximate surface area is 172 Å². The molecule has 0 radical (unpaired) electrons. The molecule has 0 aliphatic heterocycles. The predicted molar refractivity (Wildman–Crippen MR) is 114 cm³/mol. The molecule has 1 atom stereocenters. The first-order valence-corrected chi connectivity index (χ1v) is 10.2. The topological polar surface area (TPSA) is 93.1 Å². The fraction of sp³-hybridized carbons (Fsp3) is 0.238. The van der Waals surface area contributed by atoms with Gasteiger partial charge in [-0.1, -0.05) is 49.0 Å². The summed E-state index contributed by atoms with van der Waals surface area (Å²) in [7, 11) is 0. The van der Waals surface area contributed by atoms with E-state index in [2.05, 4.69) is 15.8 Å². The van der Waals surface area contributed by atoms with Crippen LogP contribution in [0.3, 0.4) is 0 Å². The predicted octanol–water partition coefficient (Wildman–Crippen LogP) is 2.75. The van der Waals surface area contributed by atoms with Crippen LogP contribution in [0.5, 0.6) is 0 Å². The first kappa shape index (κ1) is 20.6. The molecule has 0 saturated heterocycles. The van der Waals surface area contributed by atoms with Crippen LogP contribution in [0.2, 0.25) is 0 Å². The monoisotopic (exact) mass is 410 g/mol. The zero-order valence-corrected chi connectivity index (χ0v) is 17.0. The average Bonchev–Trinajstić information content (AvgIpc) is 2.75.